The van der Waals surface area contributed by atoms with Crippen LogP contribution in [0.1, 0.15) is 103 Å². The van der Waals surface area contributed by atoms with Gasteiger partial charge in [-0.1, -0.05) is 243 Å². The summed E-state index contributed by atoms with van der Waals surface area (Å²) >= 11 is 0. The highest BCUT2D eigenvalue weighted by Gasteiger charge is 2.35. The number of benzene rings is 8. The number of nitrogens with zero attached hydrogens (tertiary/aromatic N) is 11. The number of nitrogens with two attached hydrogens (primary N) is 4. The third-order valence-corrected chi connectivity index (χ3v) is 20.4. The summed E-state index contributed by atoms with van der Waals surface area (Å²) in [6.45, 7) is -1.97. The lowest BCUT2D eigenvalue weighted by atomic mass is 10.1. The van der Waals surface area contributed by atoms with Gasteiger partial charge in [0.2, 0.25) is 70.9 Å². The molecule has 634 valence electrons. The molecule has 12 amide bonds. The normalized spacial score (nSPS) is 11.1. The predicted octanol–water partition coefficient (Wildman–Crippen LogP) is 6.99. The fraction of sp³-hybridized carbons (Fsp3) is 0.355. The van der Waals surface area contributed by atoms with E-state index in [9.17, 15) is 24.0 Å². The van der Waals surface area contributed by atoms with Crippen LogP contribution in [0.15, 0.2) is 243 Å². The summed E-state index contributed by atoms with van der Waals surface area (Å²) in [5, 5.41) is 0. The maximum Gasteiger partial charge on any atom is 0.243 e. The second-order valence-corrected chi connectivity index (χ2v) is 29.8. The molecule has 0 aliphatic carbocycles. The van der Waals surface area contributed by atoms with Crippen LogP contribution in [-0.2, 0) is 103 Å². The van der Waals surface area contributed by atoms with Crippen molar-refractivity contribution in [1.82, 2.24) is 53.9 Å². The van der Waals surface area contributed by atoms with Crippen LogP contribution in [0.4, 0.5) is 0 Å². The number of amides is 12. The molecule has 27 heteroatoms. The van der Waals surface area contributed by atoms with Gasteiger partial charge in [0.1, 0.15) is 45.8 Å². The fourth-order valence-electron chi connectivity index (χ4n) is 13.7. The molecule has 0 aliphatic rings. The number of primary amides is 1. The molecule has 8 rings (SSSR count). The van der Waals surface area contributed by atoms with E-state index in [0.717, 1.165) is 16.7 Å². The average Bonchev–Trinajstić information content (AvgIpc) is 0.827. The molecule has 120 heavy (non-hydrogen) atoms. The second kappa shape index (κ2) is 50.1. The van der Waals surface area contributed by atoms with Gasteiger partial charge in [0.05, 0.1) is 32.2 Å². The molecule has 0 aliphatic heterocycles. The number of carbonyl (C=O) groups is 12. The van der Waals surface area contributed by atoms with Crippen LogP contribution in [0.5, 0.6) is 0 Å². The summed E-state index contributed by atoms with van der Waals surface area (Å²) in [4.78, 5) is 192. The van der Waals surface area contributed by atoms with Gasteiger partial charge in [-0.25, -0.2) is 0 Å². The van der Waals surface area contributed by atoms with Crippen LogP contribution in [0.3, 0.4) is 0 Å². The Morgan fingerprint density at radius 3 is 0.658 bits per heavy atom. The zero-order valence-corrected chi connectivity index (χ0v) is 69.0. The molecule has 0 spiro atoms. The SMILES string of the molecule is CC(=O)N(CC(=O)N(CC(=O)N(CCCCN)CC(=O)N(CC(=O)N(CC(=O)N(CCCCN)CC(=O)N(CC(=O)N(CC(=O)N(CCCCN)CC(=O)N(CC(=O)N(CC(N)=O)Cc1ccccc1)Cc1ccccc1)Cc1ccccc1)Cc1ccccc1)Cc1ccccc1)Cc1ccccc1)[C@@H](C)c1ccccc1)Cc1ccccc1. The van der Waals surface area contributed by atoms with Gasteiger partial charge in [-0.15, -0.1) is 0 Å². The monoisotopic (exact) mass is 1630 g/mol. The molecule has 0 saturated heterocycles. The van der Waals surface area contributed by atoms with Gasteiger partial charge in [0.25, 0.3) is 0 Å². The lowest BCUT2D eigenvalue weighted by Crippen LogP contribution is -2.52. The van der Waals surface area contributed by atoms with Crippen LogP contribution in [0.25, 0.3) is 0 Å². The molecule has 8 aromatic carbocycles. The van der Waals surface area contributed by atoms with Crippen LogP contribution in [-0.4, -0.2) is 236 Å². The van der Waals surface area contributed by atoms with Crippen molar-refractivity contribution in [3.63, 3.8) is 0 Å². The highest BCUT2D eigenvalue weighted by Crippen LogP contribution is 2.23. The van der Waals surface area contributed by atoms with E-state index in [1.165, 1.54) is 60.8 Å². The molecule has 8 aromatic rings. The standard InChI is InChI=1S/C93H115N15O12/c1-73(82-47-25-10-26-48-82)108(93(120)71-101(74(2)109)55-75-33-11-3-12-34-75)72-92(119)100(54-32-29-51-96)65-88(115)107(61-81-45-23-9-24-46-81)70-91(118)104(58-78-39-17-6-18-40-78)67-85(112)99(53-31-28-50-95)64-87(114)106(60-80-43-21-8-22-44-80)69-90(117)103(57-77-37-15-5-16-38-77)66-84(111)98(52-30-27-49-94)63-86(113)105(59-79-41-19-7-20-42-79)68-89(116)102(62-83(97)110)56-76-35-13-4-14-36-76/h3-26,33-48,73H,27-32,49-72,94-96H2,1-2H3,(H2,97,110)/t73-/m0/s1. The van der Waals surface area contributed by atoms with Gasteiger partial charge in [-0.2, -0.15) is 0 Å². The Balaban J connectivity index is 1.06. The first-order chi connectivity index (χ1) is 58.1. The van der Waals surface area contributed by atoms with E-state index in [2.05, 4.69) is 0 Å². The quantitative estimate of drug-likeness (QED) is 0.0279. The van der Waals surface area contributed by atoms with Crippen molar-refractivity contribution >= 4 is 70.9 Å². The van der Waals surface area contributed by atoms with Crippen LogP contribution in [0.2, 0.25) is 0 Å². The summed E-state index contributed by atoms with van der Waals surface area (Å²) in [6.07, 6.45) is 2.50. The van der Waals surface area contributed by atoms with Gasteiger partial charge in [-0.3, -0.25) is 57.5 Å². The smallest absolute Gasteiger partial charge is 0.243 e. The number of hydrogen-bond donors (Lipinski definition) is 4. The van der Waals surface area contributed by atoms with Crippen molar-refractivity contribution in [3.8, 4) is 0 Å². The highest BCUT2D eigenvalue weighted by atomic mass is 16.2. The molecule has 0 saturated carbocycles. The molecule has 0 heterocycles. The third kappa shape index (κ3) is 31.6. The summed E-state index contributed by atoms with van der Waals surface area (Å²) in [6, 6.07) is 71.5. The van der Waals surface area contributed by atoms with Crippen molar-refractivity contribution in [2.24, 2.45) is 22.9 Å². The predicted molar refractivity (Wildman–Crippen MR) is 459 cm³/mol. The molecule has 0 unspecified atom stereocenters. The zero-order valence-electron chi connectivity index (χ0n) is 69.0. The Morgan fingerprint density at radius 2 is 0.433 bits per heavy atom. The number of rotatable bonds is 50. The minimum atomic E-state index is -0.755. The van der Waals surface area contributed by atoms with Crippen molar-refractivity contribution in [2.75, 3.05) is 111 Å². The van der Waals surface area contributed by atoms with E-state index in [-0.39, 0.29) is 97.5 Å². The number of unbranched alkanes of at least 4 members (excludes halogenated alkanes) is 3. The minimum Gasteiger partial charge on any atom is -0.368 e. The number of carbonyl (C=O) groups excluding carboxylic acids is 12. The van der Waals surface area contributed by atoms with Crippen LogP contribution in [0, 0.1) is 0 Å². The fourth-order valence-corrected chi connectivity index (χ4v) is 13.7. The van der Waals surface area contributed by atoms with Crippen molar-refractivity contribution in [3.05, 3.63) is 287 Å². The number of hydrogen-bond acceptors (Lipinski definition) is 15. The Bertz CT molecular complexity index is 4550. The Morgan fingerprint density at radius 1 is 0.242 bits per heavy atom. The van der Waals surface area contributed by atoms with E-state index in [4.69, 9.17) is 22.9 Å². The first kappa shape index (κ1) is 92.8. The zero-order chi connectivity index (χ0) is 86.0. The van der Waals surface area contributed by atoms with Gasteiger partial charge in [0, 0.05) is 72.4 Å². The first-order valence-corrected chi connectivity index (χ1v) is 40.8. The second-order valence-electron chi connectivity index (χ2n) is 29.8. The van der Waals surface area contributed by atoms with Gasteiger partial charge in [-0.05, 0) is 110 Å². The maximum absolute atomic E-state index is 15.5. The Labute approximate surface area is 704 Å². The van der Waals surface area contributed by atoms with Crippen molar-refractivity contribution in [2.45, 2.75) is 104 Å². The first-order valence-electron chi connectivity index (χ1n) is 40.8. The maximum atomic E-state index is 15.5. The average molecular weight is 1640 g/mol. The van der Waals surface area contributed by atoms with E-state index >= 15 is 33.6 Å². The highest BCUT2D eigenvalue weighted by molar-refractivity contribution is 5.95. The molecule has 0 aromatic heterocycles. The van der Waals surface area contributed by atoms with Crippen molar-refractivity contribution < 1.29 is 57.5 Å². The molecule has 0 radical (unpaired) electrons. The molecule has 1 atom stereocenters. The topological polar surface area (TPSA) is 345 Å². The third-order valence-electron chi connectivity index (χ3n) is 20.4. The van der Waals surface area contributed by atoms with Gasteiger partial charge in [0.15, 0.2) is 0 Å². The van der Waals surface area contributed by atoms with Crippen molar-refractivity contribution in [1.29, 1.82) is 0 Å². The molecule has 8 N–H and O–H groups in total. The van der Waals surface area contributed by atoms with Crippen LogP contribution < -0.4 is 22.9 Å². The molecule has 27 nitrogen and oxygen atoms in total. The van der Waals surface area contributed by atoms with E-state index < -0.39 is 136 Å². The lowest BCUT2D eigenvalue weighted by molar-refractivity contribution is -0.150. The van der Waals surface area contributed by atoms with E-state index in [0.29, 0.717) is 66.3 Å². The molecular formula is C93H115N15O12. The molecular weight excluding hydrogens is 1520 g/mol. The minimum absolute atomic E-state index is 0.00563. The summed E-state index contributed by atoms with van der Waals surface area (Å²) in [7, 11) is 0. The summed E-state index contributed by atoms with van der Waals surface area (Å²) in [5.74, 6) is -7.22. The largest absolute Gasteiger partial charge is 0.368 e. The lowest BCUT2D eigenvalue weighted by Gasteiger charge is -2.34. The van der Waals surface area contributed by atoms with Gasteiger partial charge < -0.3 is 76.8 Å². The molecule has 0 bridgehead atoms. The Kier molecular flexibility index (Phi) is 38.8. The summed E-state index contributed by atoms with van der Waals surface area (Å²) < 4.78 is 0. The van der Waals surface area contributed by atoms with E-state index in [1.54, 1.807) is 171 Å². The van der Waals surface area contributed by atoms with Crippen LogP contribution >= 0.6 is 0 Å². The van der Waals surface area contributed by atoms with Gasteiger partial charge >= 0.3 is 0 Å². The Hall–Kier alpha value is -12.7. The van der Waals surface area contributed by atoms with E-state index in [1.807, 2.05) is 78.9 Å². The molecule has 0 fully saturated rings. The summed E-state index contributed by atoms with van der Waals surface area (Å²) in [5.41, 5.74) is 29.2.